The van der Waals surface area contributed by atoms with Gasteiger partial charge in [-0.1, -0.05) is 6.58 Å². The maximum Gasteiger partial charge on any atom is 0.376 e. The summed E-state index contributed by atoms with van der Waals surface area (Å²) in [4.78, 5) is 11.1. The van der Waals surface area contributed by atoms with Crippen LogP contribution in [0.5, 0.6) is 0 Å². The van der Waals surface area contributed by atoms with Crippen molar-refractivity contribution in [3.8, 4) is 0 Å². The van der Waals surface area contributed by atoms with Crippen molar-refractivity contribution in [3.05, 3.63) is 24.9 Å². The average molecular weight is 186 g/mol. The van der Waals surface area contributed by atoms with Crippen LogP contribution in [0.1, 0.15) is 13.8 Å². The first-order chi connectivity index (χ1) is 6.26. The molecule has 0 saturated carbocycles. The molecule has 4 heteroatoms. The highest BCUT2D eigenvalue weighted by atomic mass is 16.6. The lowest BCUT2D eigenvalue weighted by molar-refractivity contribution is -0.142. The van der Waals surface area contributed by atoms with Gasteiger partial charge in [0.1, 0.15) is 6.26 Å². The minimum atomic E-state index is -0.536. The van der Waals surface area contributed by atoms with Crippen molar-refractivity contribution in [2.24, 2.45) is 0 Å². The molecule has 0 aliphatic rings. The Bertz CT molecular complexity index is 196. The number of rotatable bonds is 6. The highest BCUT2D eigenvalue weighted by molar-refractivity contribution is 5.85. The molecule has 13 heavy (non-hydrogen) atoms. The summed E-state index contributed by atoms with van der Waals surface area (Å²) in [5, 5.41) is 0. The van der Waals surface area contributed by atoms with Gasteiger partial charge in [-0.25, -0.2) is 4.79 Å². The Balaban J connectivity index is 4.21. The van der Waals surface area contributed by atoms with Crippen molar-refractivity contribution in [2.45, 2.75) is 13.8 Å². The van der Waals surface area contributed by atoms with Crippen LogP contribution >= 0.6 is 0 Å². The molecule has 0 aromatic heterocycles. The highest BCUT2D eigenvalue weighted by Gasteiger charge is 2.11. The Hall–Kier alpha value is -1.45. The number of ether oxygens (including phenoxy) is 3. The predicted octanol–water partition coefficient (Wildman–Crippen LogP) is 1.59. The number of carbonyl (C=O) groups is 1. The molecule has 0 aliphatic heterocycles. The number of carbonyl (C=O) groups excluding carboxylic acids is 1. The molecule has 0 rings (SSSR count). The van der Waals surface area contributed by atoms with Crippen molar-refractivity contribution < 1.29 is 19.0 Å². The largest absolute Gasteiger partial charge is 0.485 e. The normalized spacial score (nSPS) is 10.5. The zero-order valence-electron chi connectivity index (χ0n) is 7.91. The molecule has 0 aliphatic carbocycles. The Kier molecular flexibility index (Phi) is 6.41. The molecule has 0 radical (unpaired) electrons. The molecule has 0 bridgehead atoms. The third-order valence-electron chi connectivity index (χ3n) is 1.05. The molecular weight excluding hydrogens is 172 g/mol. The molecule has 4 nitrogen and oxygen atoms in total. The van der Waals surface area contributed by atoms with Crippen molar-refractivity contribution in [3.63, 3.8) is 0 Å². The third-order valence-corrected chi connectivity index (χ3v) is 1.05. The predicted molar refractivity (Wildman–Crippen MR) is 47.6 cm³/mol. The molecule has 0 aromatic rings. The van der Waals surface area contributed by atoms with Crippen molar-refractivity contribution >= 4 is 5.97 Å². The number of hydrogen-bond acceptors (Lipinski definition) is 4. The van der Waals surface area contributed by atoms with Crippen LogP contribution in [0.25, 0.3) is 0 Å². The van der Waals surface area contributed by atoms with Crippen LogP contribution in [0.3, 0.4) is 0 Å². The molecule has 0 saturated heterocycles. The van der Waals surface area contributed by atoms with E-state index < -0.39 is 5.97 Å². The van der Waals surface area contributed by atoms with Gasteiger partial charge in [0.05, 0.1) is 19.5 Å². The van der Waals surface area contributed by atoms with Gasteiger partial charge in [0.25, 0.3) is 0 Å². The monoisotopic (exact) mass is 186 g/mol. The number of esters is 1. The maximum atomic E-state index is 11.1. The molecule has 0 heterocycles. The Labute approximate surface area is 77.8 Å². The van der Waals surface area contributed by atoms with Gasteiger partial charge in [-0.3, -0.25) is 0 Å². The maximum absolute atomic E-state index is 11.1. The second-order valence-corrected chi connectivity index (χ2v) is 1.94. The molecule has 74 valence electrons. The molecule has 0 atom stereocenters. The van der Waals surface area contributed by atoms with Crippen LogP contribution in [-0.4, -0.2) is 19.2 Å². The zero-order chi connectivity index (χ0) is 10.1. The fraction of sp³-hybridized carbons (Fsp3) is 0.444. The molecule has 0 N–H and O–H groups in total. The summed E-state index contributed by atoms with van der Waals surface area (Å²) < 4.78 is 14.4. The summed E-state index contributed by atoms with van der Waals surface area (Å²) in [6.45, 7) is 7.49. The molecular formula is C9H14O4. The van der Waals surface area contributed by atoms with Gasteiger partial charge in [0, 0.05) is 0 Å². The van der Waals surface area contributed by atoms with Gasteiger partial charge in [0.2, 0.25) is 5.76 Å². The quantitative estimate of drug-likeness (QED) is 0.359. The Morgan fingerprint density at radius 2 is 1.92 bits per heavy atom. The van der Waals surface area contributed by atoms with Gasteiger partial charge in [0.15, 0.2) is 0 Å². The lowest BCUT2D eigenvalue weighted by Crippen LogP contribution is -2.10. The van der Waals surface area contributed by atoms with Crippen LogP contribution in [0.4, 0.5) is 0 Å². The van der Waals surface area contributed by atoms with E-state index in [1.54, 1.807) is 13.8 Å². The van der Waals surface area contributed by atoms with Crippen LogP contribution in [0.15, 0.2) is 24.9 Å². The summed E-state index contributed by atoms with van der Waals surface area (Å²) in [5.41, 5.74) is 0. The highest BCUT2D eigenvalue weighted by Crippen LogP contribution is 2.01. The van der Waals surface area contributed by atoms with E-state index in [1.165, 1.54) is 6.26 Å². The topological polar surface area (TPSA) is 44.8 Å². The van der Waals surface area contributed by atoms with Crippen LogP contribution in [-0.2, 0) is 19.0 Å². The van der Waals surface area contributed by atoms with Gasteiger partial charge >= 0.3 is 5.97 Å². The first-order valence-corrected chi connectivity index (χ1v) is 4.02. The summed E-state index contributed by atoms with van der Waals surface area (Å²) >= 11 is 0. The minimum Gasteiger partial charge on any atom is -0.485 e. The van der Waals surface area contributed by atoms with Gasteiger partial charge in [-0.15, -0.1) is 0 Å². The number of hydrogen-bond donors (Lipinski definition) is 0. The fourth-order valence-corrected chi connectivity index (χ4v) is 0.609. The third kappa shape index (κ3) is 4.90. The van der Waals surface area contributed by atoms with Crippen molar-refractivity contribution in [1.29, 1.82) is 0 Å². The van der Waals surface area contributed by atoms with Gasteiger partial charge in [-0.05, 0) is 13.8 Å². The Morgan fingerprint density at radius 3 is 2.38 bits per heavy atom. The SMILES string of the molecule is C=COC=C(OCC)C(=O)OCC. The Morgan fingerprint density at radius 1 is 1.31 bits per heavy atom. The zero-order valence-corrected chi connectivity index (χ0v) is 7.91. The first kappa shape index (κ1) is 11.6. The lowest BCUT2D eigenvalue weighted by Gasteiger charge is -2.06. The van der Waals surface area contributed by atoms with E-state index in [2.05, 4.69) is 6.58 Å². The fourth-order valence-electron chi connectivity index (χ4n) is 0.609. The standard InChI is InChI=1S/C9H14O4/c1-4-11-7-8(12-5-2)9(10)13-6-3/h4,7H,1,5-6H2,2-3H3. The molecule has 0 unspecified atom stereocenters. The van der Waals surface area contributed by atoms with E-state index in [0.29, 0.717) is 13.2 Å². The molecule has 0 spiro atoms. The van der Waals surface area contributed by atoms with E-state index in [0.717, 1.165) is 6.26 Å². The van der Waals surface area contributed by atoms with Crippen LogP contribution in [0, 0.1) is 0 Å². The average Bonchev–Trinajstić information content (AvgIpc) is 2.12. The van der Waals surface area contributed by atoms with E-state index in [1.807, 2.05) is 0 Å². The second-order valence-electron chi connectivity index (χ2n) is 1.94. The van der Waals surface area contributed by atoms with Crippen molar-refractivity contribution in [2.75, 3.05) is 13.2 Å². The van der Waals surface area contributed by atoms with E-state index in [4.69, 9.17) is 14.2 Å². The van der Waals surface area contributed by atoms with E-state index >= 15 is 0 Å². The second kappa shape index (κ2) is 7.21. The first-order valence-electron chi connectivity index (χ1n) is 4.02. The molecule has 0 fully saturated rings. The summed E-state index contributed by atoms with van der Waals surface area (Å²) in [7, 11) is 0. The van der Waals surface area contributed by atoms with Crippen LogP contribution < -0.4 is 0 Å². The van der Waals surface area contributed by atoms with E-state index in [-0.39, 0.29) is 5.76 Å². The van der Waals surface area contributed by atoms with Gasteiger partial charge in [-0.2, -0.15) is 0 Å². The summed E-state index contributed by atoms with van der Waals surface area (Å²) in [6.07, 6.45) is 2.35. The van der Waals surface area contributed by atoms with Crippen LogP contribution in [0.2, 0.25) is 0 Å². The summed E-state index contributed by atoms with van der Waals surface area (Å²) in [5.74, 6) is -0.490. The summed E-state index contributed by atoms with van der Waals surface area (Å²) in [6, 6.07) is 0. The molecule has 0 aromatic carbocycles. The lowest BCUT2D eigenvalue weighted by atomic mass is 10.5. The molecule has 0 amide bonds. The minimum absolute atomic E-state index is 0.0456. The van der Waals surface area contributed by atoms with Crippen molar-refractivity contribution in [1.82, 2.24) is 0 Å². The smallest absolute Gasteiger partial charge is 0.376 e. The van der Waals surface area contributed by atoms with E-state index in [9.17, 15) is 4.79 Å². The van der Waals surface area contributed by atoms with Gasteiger partial charge < -0.3 is 14.2 Å².